The Balaban J connectivity index is 1.98. The smallest absolute Gasteiger partial charge is 0.273 e. The van der Waals surface area contributed by atoms with Crippen molar-refractivity contribution < 1.29 is 14.6 Å². The number of rotatable bonds is 3. The van der Waals surface area contributed by atoms with Crippen molar-refractivity contribution in [3.63, 3.8) is 0 Å². The number of hydrogen-bond acceptors (Lipinski definition) is 4. The Morgan fingerprint density at radius 1 is 1.61 bits per heavy atom. The summed E-state index contributed by atoms with van der Waals surface area (Å²) in [5, 5.41) is 10.3. The summed E-state index contributed by atoms with van der Waals surface area (Å²) >= 11 is 0. The summed E-state index contributed by atoms with van der Waals surface area (Å²) in [5.41, 5.74) is -0.437. The van der Waals surface area contributed by atoms with E-state index in [2.05, 4.69) is 4.98 Å². The molecule has 0 saturated carbocycles. The summed E-state index contributed by atoms with van der Waals surface area (Å²) < 4.78 is 6.94. The molecule has 1 saturated heterocycles. The highest BCUT2D eigenvalue weighted by molar-refractivity contribution is 5.91. The van der Waals surface area contributed by atoms with E-state index in [9.17, 15) is 9.90 Å². The quantitative estimate of drug-likeness (QED) is 0.825. The van der Waals surface area contributed by atoms with Gasteiger partial charge >= 0.3 is 0 Å². The van der Waals surface area contributed by atoms with E-state index in [-0.39, 0.29) is 5.91 Å². The molecule has 1 aliphatic rings. The van der Waals surface area contributed by atoms with Gasteiger partial charge in [0, 0.05) is 52.9 Å². The van der Waals surface area contributed by atoms with E-state index in [0.29, 0.717) is 38.3 Å². The highest BCUT2D eigenvalue weighted by Crippen LogP contribution is 2.21. The minimum atomic E-state index is -0.836. The van der Waals surface area contributed by atoms with Crippen LogP contribution in [-0.2, 0) is 11.8 Å². The summed E-state index contributed by atoms with van der Waals surface area (Å²) in [6.07, 6.45) is 4.39. The zero-order valence-electron chi connectivity index (χ0n) is 10.8. The Labute approximate surface area is 106 Å². The average Bonchev–Trinajstić information content (AvgIpc) is 2.75. The van der Waals surface area contributed by atoms with Crippen LogP contribution in [-0.4, -0.2) is 57.9 Å². The zero-order valence-corrected chi connectivity index (χ0v) is 10.8. The Morgan fingerprint density at radius 2 is 2.28 bits per heavy atom. The second-order valence-electron chi connectivity index (χ2n) is 4.92. The van der Waals surface area contributed by atoms with E-state index in [1.807, 2.05) is 7.05 Å². The molecule has 0 atom stereocenters. The molecule has 0 unspecified atom stereocenters. The summed E-state index contributed by atoms with van der Waals surface area (Å²) in [7, 11) is 3.50. The Kier molecular flexibility index (Phi) is 3.68. The van der Waals surface area contributed by atoms with Gasteiger partial charge in [0.25, 0.3) is 5.91 Å². The Bertz CT molecular complexity index is 424. The van der Waals surface area contributed by atoms with E-state index in [1.165, 1.54) is 4.90 Å². The van der Waals surface area contributed by atoms with Crippen LogP contribution in [0.25, 0.3) is 0 Å². The lowest BCUT2D eigenvalue weighted by Gasteiger charge is -2.35. The first-order valence-electron chi connectivity index (χ1n) is 6.04. The van der Waals surface area contributed by atoms with Crippen LogP contribution in [0.1, 0.15) is 23.3 Å². The van der Waals surface area contributed by atoms with Gasteiger partial charge in [-0.15, -0.1) is 0 Å². The fourth-order valence-corrected chi connectivity index (χ4v) is 2.14. The molecule has 0 radical (unpaired) electrons. The molecule has 100 valence electrons. The number of imidazole rings is 1. The number of carbonyl (C=O) groups excluding carboxylic acids is 1. The number of aromatic nitrogens is 2. The lowest BCUT2D eigenvalue weighted by atomic mass is 9.94. The topological polar surface area (TPSA) is 67.6 Å². The van der Waals surface area contributed by atoms with Crippen LogP contribution in [0.2, 0.25) is 0 Å². The number of nitrogens with zero attached hydrogens (tertiary/aromatic N) is 3. The van der Waals surface area contributed by atoms with Gasteiger partial charge in [0.2, 0.25) is 0 Å². The summed E-state index contributed by atoms with van der Waals surface area (Å²) in [6, 6.07) is 0. The minimum absolute atomic E-state index is 0.171. The molecule has 18 heavy (non-hydrogen) atoms. The monoisotopic (exact) mass is 253 g/mol. The van der Waals surface area contributed by atoms with Crippen LogP contribution in [0.4, 0.5) is 0 Å². The first-order chi connectivity index (χ1) is 8.50. The highest BCUT2D eigenvalue weighted by atomic mass is 16.5. The molecular weight excluding hydrogens is 234 g/mol. The van der Waals surface area contributed by atoms with Gasteiger partial charge in [-0.05, 0) is 0 Å². The SMILES string of the molecule is CN(CC1(O)CCOCC1)C(=O)c1cn(C)cn1. The van der Waals surface area contributed by atoms with Crippen LogP contribution in [0.3, 0.4) is 0 Å². The molecule has 1 N–H and O–H groups in total. The fourth-order valence-electron chi connectivity index (χ4n) is 2.14. The van der Waals surface area contributed by atoms with E-state index < -0.39 is 5.60 Å². The second-order valence-corrected chi connectivity index (χ2v) is 4.92. The molecule has 0 aromatic carbocycles. The van der Waals surface area contributed by atoms with Gasteiger partial charge in [0.1, 0.15) is 5.69 Å². The maximum absolute atomic E-state index is 12.1. The molecule has 6 nitrogen and oxygen atoms in total. The number of carbonyl (C=O) groups is 1. The maximum atomic E-state index is 12.1. The lowest BCUT2D eigenvalue weighted by molar-refractivity contribution is -0.0734. The van der Waals surface area contributed by atoms with Crippen molar-refractivity contribution in [2.45, 2.75) is 18.4 Å². The molecule has 0 aliphatic carbocycles. The third-order valence-electron chi connectivity index (χ3n) is 3.23. The molecule has 1 aromatic rings. The molecule has 1 aromatic heterocycles. The molecule has 1 fully saturated rings. The fraction of sp³-hybridized carbons (Fsp3) is 0.667. The normalized spacial score (nSPS) is 18.6. The van der Waals surface area contributed by atoms with Gasteiger partial charge in [-0.25, -0.2) is 4.98 Å². The Hall–Kier alpha value is -1.40. The first kappa shape index (κ1) is 13.0. The second kappa shape index (κ2) is 5.07. The lowest BCUT2D eigenvalue weighted by Crippen LogP contribution is -2.47. The summed E-state index contributed by atoms with van der Waals surface area (Å²) in [6.45, 7) is 1.40. The van der Waals surface area contributed by atoms with Crippen LogP contribution in [0, 0.1) is 0 Å². The predicted octanol–water partition coefficient (Wildman–Crippen LogP) is 0.0336. The number of aryl methyl sites for hydroxylation is 1. The standard InChI is InChI=1S/C12H19N3O3/c1-14-7-10(13-9-14)11(16)15(2)8-12(17)3-5-18-6-4-12/h7,9,17H,3-6,8H2,1-2H3. The van der Waals surface area contributed by atoms with Gasteiger partial charge in [0.15, 0.2) is 0 Å². The van der Waals surface area contributed by atoms with Crippen molar-refractivity contribution in [3.05, 3.63) is 18.2 Å². The minimum Gasteiger partial charge on any atom is -0.388 e. The Morgan fingerprint density at radius 3 is 2.83 bits per heavy atom. The van der Waals surface area contributed by atoms with Crippen LogP contribution < -0.4 is 0 Å². The molecule has 2 heterocycles. The first-order valence-corrected chi connectivity index (χ1v) is 6.04. The number of likely N-dealkylation sites (N-methyl/N-ethyl adjacent to an activating group) is 1. The van der Waals surface area contributed by atoms with Gasteiger partial charge in [-0.2, -0.15) is 0 Å². The molecular formula is C12H19N3O3. The van der Waals surface area contributed by atoms with Gasteiger partial charge in [-0.3, -0.25) is 4.79 Å². The van der Waals surface area contributed by atoms with Crippen molar-refractivity contribution in [2.75, 3.05) is 26.8 Å². The number of ether oxygens (including phenoxy) is 1. The molecule has 0 spiro atoms. The third-order valence-corrected chi connectivity index (χ3v) is 3.23. The van der Waals surface area contributed by atoms with E-state index >= 15 is 0 Å². The van der Waals surface area contributed by atoms with Crippen molar-refractivity contribution in [1.29, 1.82) is 0 Å². The number of aliphatic hydroxyl groups is 1. The van der Waals surface area contributed by atoms with Crippen molar-refractivity contribution in [2.24, 2.45) is 7.05 Å². The van der Waals surface area contributed by atoms with E-state index in [4.69, 9.17) is 4.74 Å². The van der Waals surface area contributed by atoms with Crippen molar-refractivity contribution in [1.82, 2.24) is 14.5 Å². The van der Waals surface area contributed by atoms with Crippen LogP contribution in [0.15, 0.2) is 12.5 Å². The predicted molar refractivity (Wildman–Crippen MR) is 65.2 cm³/mol. The molecule has 1 amide bonds. The van der Waals surface area contributed by atoms with Gasteiger partial charge in [0.05, 0.1) is 11.9 Å². The zero-order chi connectivity index (χ0) is 13.2. The average molecular weight is 253 g/mol. The van der Waals surface area contributed by atoms with Crippen LogP contribution >= 0.6 is 0 Å². The summed E-state index contributed by atoms with van der Waals surface area (Å²) in [4.78, 5) is 17.6. The van der Waals surface area contributed by atoms with Gasteiger partial charge < -0.3 is 19.3 Å². The van der Waals surface area contributed by atoms with Crippen molar-refractivity contribution >= 4 is 5.91 Å². The number of amides is 1. The van der Waals surface area contributed by atoms with Crippen LogP contribution in [0.5, 0.6) is 0 Å². The molecule has 6 heteroatoms. The summed E-state index contributed by atoms with van der Waals surface area (Å²) in [5.74, 6) is -0.171. The molecule has 1 aliphatic heterocycles. The number of hydrogen-bond donors (Lipinski definition) is 1. The third kappa shape index (κ3) is 2.88. The van der Waals surface area contributed by atoms with Gasteiger partial charge in [-0.1, -0.05) is 0 Å². The largest absolute Gasteiger partial charge is 0.388 e. The van der Waals surface area contributed by atoms with E-state index in [0.717, 1.165) is 0 Å². The molecule has 0 bridgehead atoms. The maximum Gasteiger partial charge on any atom is 0.273 e. The highest BCUT2D eigenvalue weighted by Gasteiger charge is 2.32. The van der Waals surface area contributed by atoms with Crippen molar-refractivity contribution in [3.8, 4) is 0 Å². The molecule has 2 rings (SSSR count). The van der Waals surface area contributed by atoms with E-state index in [1.54, 1.807) is 24.1 Å².